The van der Waals surface area contributed by atoms with Crippen molar-refractivity contribution in [2.45, 2.75) is 32.8 Å². The van der Waals surface area contributed by atoms with E-state index in [4.69, 9.17) is 19.9 Å². The fourth-order valence-electron chi connectivity index (χ4n) is 5.63. The molecular weight excluding hydrogens is 454 g/mol. The summed E-state index contributed by atoms with van der Waals surface area (Å²) in [4.78, 5) is 11.7. The Morgan fingerprint density at radius 3 is 2.83 bits per heavy atom. The summed E-state index contributed by atoms with van der Waals surface area (Å²) in [5.41, 5.74) is 7.55. The first-order chi connectivity index (χ1) is 17.7. The van der Waals surface area contributed by atoms with Crippen LogP contribution in [0.2, 0.25) is 0 Å². The topological polar surface area (TPSA) is 102 Å². The van der Waals surface area contributed by atoms with Gasteiger partial charge in [0.05, 0.1) is 52.9 Å². The molecule has 10 heteroatoms. The van der Waals surface area contributed by atoms with E-state index < -0.39 is 0 Å². The van der Waals surface area contributed by atoms with E-state index >= 15 is 0 Å². The Hall–Kier alpha value is -4.05. The zero-order chi connectivity index (χ0) is 24.2. The minimum atomic E-state index is 0.258. The monoisotopic (exact) mass is 481 g/mol. The molecule has 1 N–H and O–H groups in total. The number of hydrogen-bond acceptors (Lipinski definition) is 7. The van der Waals surface area contributed by atoms with Crippen LogP contribution < -0.4 is 4.90 Å². The van der Waals surface area contributed by atoms with Crippen LogP contribution in [0.5, 0.6) is 0 Å². The van der Waals surface area contributed by atoms with Crippen LogP contribution in [0.1, 0.15) is 24.2 Å². The number of hydrogen-bond donors (Lipinski definition) is 1. The Morgan fingerprint density at radius 2 is 2.00 bits per heavy atom. The van der Waals surface area contributed by atoms with Crippen LogP contribution in [0.15, 0.2) is 49.1 Å². The molecule has 0 aromatic carbocycles. The van der Waals surface area contributed by atoms with Gasteiger partial charge in [-0.05, 0) is 50.8 Å². The third-order valence-electron chi connectivity index (χ3n) is 7.42. The van der Waals surface area contributed by atoms with Crippen LogP contribution in [0.25, 0.3) is 33.8 Å². The second-order valence-electron chi connectivity index (χ2n) is 9.72. The number of nitrogens with one attached hydrogen (secondary N) is 1. The minimum Gasteiger partial charge on any atom is -0.376 e. The zero-order valence-corrected chi connectivity index (χ0v) is 20.3. The molecule has 2 aliphatic rings. The van der Waals surface area contributed by atoms with Gasteiger partial charge in [-0.2, -0.15) is 15.3 Å². The zero-order valence-electron chi connectivity index (χ0n) is 20.3. The van der Waals surface area contributed by atoms with Crippen molar-refractivity contribution in [1.29, 1.82) is 0 Å². The third-order valence-corrected chi connectivity index (χ3v) is 7.42. The molecule has 5 aromatic heterocycles. The normalized spacial score (nSPS) is 19.8. The highest BCUT2D eigenvalue weighted by molar-refractivity contribution is 5.80. The van der Waals surface area contributed by atoms with Crippen molar-refractivity contribution in [2.75, 3.05) is 24.6 Å². The first-order valence-corrected chi connectivity index (χ1v) is 12.4. The first kappa shape index (κ1) is 21.3. The van der Waals surface area contributed by atoms with Crippen LogP contribution in [-0.4, -0.2) is 65.4 Å². The molecule has 2 bridgehead atoms. The number of nitrogens with zero attached hydrogens (tertiary/aromatic N) is 8. The van der Waals surface area contributed by atoms with E-state index in [0.29, 0.717) is 5.92 Å². The summed E-state index contributed by atoms with van der Waals surface area (Å²) < 4.78 is 9.94. The van der Waals surface area contributed by atoms with Gasteiger partial charge in [-0.1, -0.05) is 0 Å². The average Bonchev–Trinajstić information content (AvgIpc) is 3.66. The van der Waals surface area contributed by atoms with Gasteiger partial charge >= 0.3 is 0 Å². The number of ether oxygens (including phenoxy) is 1. The standard InChI is InChI=1S/C26H27N9O/c1-16-25(17(2)34(32-16)19-3-7-27-8-4-19)23-12-24(33-10-6-18-11-20(14-33)36-15-18)30-26-21(13-29-35(23)26)22-5-9-28-31-22/h3-5,7-9,12-13,18,20H,6,10-11,14-15H2,1-2H3,(H,28,31). The Labute approximate surface area is 207 Å². The molecule has 5 aromatic rings. The number of aromatic amines is 1. The van der Waals surface area contributed by atoms with Gasteiger partial charge in [0.15, 0.2) is 5.65 Å². The lowest BCUT2D eigenvalue weighted by Crippen LogP contribution is -2.33. The fourth-order valence-corrected chi connectivity index (χ4v) is 5.63. The highest BCUT2D eigenvalue weighted by Gasteiger charge is 2.32. The summed E-state index contributed by atoms with van der Waals surface area (Å²) in [6.07, 6.45) is 9.68. The van der Waals surface area contributed by atoms with Crippen LogP contribution in [-0.2, 0) is 4.74 Å². The van der Waals surface area contributed by atoms with Crippen LogP contribution in [0, 0.1) is 19.8 Å². The van der Waals surface area contributed by atoms with Crippen molar-refractivity contribution < 1.29 is 4.74 Å². The maximum absolute atomic E-state index is 6.05. The number of H-pyrrole nitrogens is 1. The van der Waals surface area contributed by atoms with Crippen molar-refractivity contribution >= 4 is 11.5 Å². The van der Waals surface area contributed by atoms with E-state index in [1.54, 1.807) is 18.6 Å². The lowest BCUT2D eigenvalue weighted by atomic mass is 10.0. The van der Waals surface area contributed by atoms with Crippen molar-refractivity contribution in [3.63, 3.8) is 0 Å². The second-order valence-corrected chi connectivity index (χ2v) is 9.72. The molecule has 0 saturated carbocycles. The van der Waals surface area contributed by atoms with Crippen LogP contribution in [0.3, 0.4) is 0 Å². The van der Waals surface area contributed by atoms with Gasteiger partial charge in [-0.3, -0.25) is 10.1 Å². The van der Waals surface area contributed by atoms with Crippen LogP contribution in [0.4, 0.5) is 5.82 Å². The van der Waals surface area contributed by atoms with Gasteiger partial charge in [0.2, 0.25) is 0 Å². The molecule has 2 unspecified atom stereocenters. The molecule has 36 heavy (non-hydrogen) atoms. The van der Waals surface area contributed by atoms with Crippen molar-refractivity contribution in [3.8, 4) is 28.2 Å². The number of fused-ring (bicyclic) bond motifs is 3. The Balaban J connectivity index is 1.43. The molecule has 2 atom stereocenters. The van der Waals surface area contributed by atoms with Gasteiger partial charge < -0.3 is 9.64 Å². The summed E-state index contributed by atoms with van der Waals surface area (Å²) in [6.45, 7) is 6.84. The molecule has 0 spiro atoms. The first-order valence-electron chi connectivity index (χ1n) is 12.4. The van der Waals surface area contributed by atoms with Gasteiger partial charge in [0, 0.05) is 43.3 Å². The quantitative estimate of drug-likeness (QED) is 0.418. The predicted octanol–water partition coefficient (Wildman–Crippen LogP) is 3.60. The number of rotatable bonds is 4. The van der Waals surface area contributed by atoms with E-state index in [9.17, 15) is 0 Å². The minimum absolute atomic E-state index is 0.258. The maximum atomic E-state index is 6.05. The molecule has 2 aliphatic heterocycles. The molecule has 0 radical (unpaired) electrons. The molecule has 2 fully saturated rings. The van der Waals surface area contributed by atoms with Gasteiger partial charge in [0.25, 0.3) is 0 Å². The van der Waals surface area contributed by atoms with Gasteiger partial charge in [0.1, 0.15) is 5.82 Å². The Morgan fingerprint density at radius 1 is 1.11 bits per heavy atom. The molecule has 10 nitrogen and oxygen atoms in total. The summed E-state index contributed by atoms with van der Waals surface area (Å²) >= 11 is 0. The number of aryl methyl sites for hydroxylation is 1. The van der Waals surface area contributed by atoms with E-state index in [2.05, 4.69) is 33.1 Å². The third kappa shape index (κ3) is 3.40. The molecule has 7 rings (SSSR count). The summed E-state index contributed by atoms with van der Waals surface area (Å²) in [5.74, 6) is 1.58. The summed E-state index contributed by atoms with van der Waals surface area (Å²) in [5, 5.41) is 16.9. The molecule has 2 saturated heterocycles. The predicted molar refractivity (Wildman–Crippen MR) is 135 cm³/mol. The van der Waals surface area contributed by atoms with E-state index in [0.717, 1.165) is 83.6 Å². The number of aromatic nitrogens is 8. The lowest BCUT2D eigenvalue weighted by molar-refractivity contribution is 0.106. The largest absolute Gasteiger partial charge is 0.376 e. The van der Waals surface area contributed by atoms with Crippen molar-refractivity contribution in [2.24, 2.45) is 5.92 Å². The fraction of sp³-hybridized carbons (Fsp3) is 0.346. The molecule has 7 heterocycles. The summed E-state index contributed by atoms with van der Waals surface area (Å²) in [6, 6.07) is 8.03. The highest BCUT2D eigenvalue weighted by Crippen LogP contribution is 2.35. The van der Waals surface area contributed by atoms with Crippen molar-refractivity contribution in [3.05, 3.63) is 60.4 Å². The van der Waals surface area contributed by atoms with E-state index in [1.165, 1.54) is 0 Å². The average molecular weight is 482 g/mol. The number of pyridine rings is 1. The van der Waals surface area contributed by atoms with E-state index in [1.807, 2.05) is 40.5 Å². The highest BCUT2D eigenvalue weighted by atomic mass is 16.5. The van der Waals surface area contributed by atoms with Crippen molar-refractivity contribution in [1.82, 2.24) is 39.6 Å². The summed E-state index contributed by atoms with van der Waals surface area (Å²) in [7, 11) is 0. The maximum Gasteiger partial charge on any atom is 0.167 e. The Kier molecular flexibility index (Phi) is 4.88. The van der Waals surface area contributed by atoms with Gasteiger partial charge in [-0.25, -0.2) is 14.2 Å². The Bertz CT molecular complexity index is 1540. The SMILES string of the molecule is Cc1nn(-c2ccncc2)c(C)c1-c1cc(N2CCC3COC(C3)C2)nc2c(-c3ccn[nH]3)cnn12. The lowest BCUT2D eigenvalue weighted by Gasteiger charge is -2.26. The van der Waals surface area contributed by atoms with E-state index in [-0.39, 0.29) is 6.10 Å². The molecule has 0 aliphatic carbocycles. The van der Waals surface area contributed by atoms with Crippen LogP contribution >= 0.6 is 0 Å². The molecular formula is C26H27N9O. The van der Waals surface area contributed by atoms with Gasteiger partial charge in [-0.15, -0.1) is 0 Å². The molecule has 0 amide bonds. The molecule has 182 valence electrons. The second kappa shape index (κ2) is 8.27. The number of anilines is 1. The smallest absolute Gasteiger partial charge is 0.167 e.